The number of carbonyl (C=O) groups excluding carboxylic acids is 1. The molecule has 0 saturated carbocycles. The van der Waals surface area contributed by atoms with Gasteiger partial charge in [-0.1, -0.05) is 0 Å². The third-order valence-corrected chi connectivity index (χ3v) is 1.60. The normalized spacial score (nSPS) is 9.83. The Morgan fingerprint density at radius 1 is 1.67 bits per heavy atom. The maximum absolute atomic E-state index is 11.3. The summed E-state index contributed by atoms with van der Waals surface area (Å²) >= 11 is 0. The standard InChI is InChI=1S/C8H13N3O/c1-3-9-8(12)7-10-5-6-11(7)4-2/h5-6H,3-4H2,1-2H3,(H,9,12). The highest BCUT2D eigenvalue weighted by molar-refractivity contribution is 5.90. The molecule has 0 saturated heterocycles. The van der Waals surface area contributed by atoms with E-state index in [1.807, 2.05) is 18.4 Å². The SMILES string of the molecule is CCNC(=O)c1nccn1CC. The summed E-state index contributed by atoms with van der Waals surface area (Å²) in [6.45, 7) is 5.27. The first-order valence-electron chi connectivity index (χ1n) is 4.09. The Kier molecular flexibility index (Phi) is 2.85. The van der Waals surface area contributed by atoms with Crippen molar-refractivity contribution in [3.8, 4) is 0 Å². The summed E-state index contributed by atoms with van der Waals surface area (Å²) in [6, 6.07) is 0. The largest absolute Gasteiger partial charge is 0.350 e. The second kappa shape index (κ2) is 3.90. The highest BCUT2D eigenvalue weighted by Crippen LogP contribution is 1.96. The van der Waals surface area contributed by atoms with Crippen molar-refractivity contribution in [3.05, 3.63) is 18.2 Å². The summed E-state index contributed by atoms with van der Waals surface area (Å²) in [4.78, 5) is 15.2. The molecule has 0 aromatic carbocycles. The van der Waals surface area contributed by atoms with Crippen LogP contribution in [0, 0.1) is 0 Å². The van der Waals surface area contributed by atoms with E-state index in [0.717, 1.165) is 6.54 Å². The number of carbonyl (C=O) groups is 1. The molecule has 0 aliphatic carbocycles. The van der Waals surface area contributed by atoms with Gasteiger partial charge in [0.15, 0.2) is 5.82 Å². The fourth-order valence-corrected chi connectivity index (χ4v) is 1.01. The molecule has 0 bridgehead atoms. The molecule has 66 valence electrons. The molecule has 0 spiro atoms. The maximum Gasteiger partial charge on any atom is 0.287 e. The van der Waals surface area contributed by atoms with Gasteiger partial charge in [-0.15, -0.1) is 0 Å². The molecule has 4 heteroatoms. The van der Waals surface area contributed by atoms with E-state index >= 15 is 0 Å². The number of rotatable bonds is 3. The number of aryl methyl sites for hydroxylation is 1. The first-order valence-corrected chi connectivity index (χ1v) is 4.09. The van der Waals surface area contributed by atoms with Crippen LogP contribution in [0.25, 0.3) is 0 Å². The van der Waals surface area contributed by atoms with Gasteiger partial charge in [-0.2, -0.15) is 0 Å². The first-order chi connectivity index (χ1) is 5.79. The fourth-order valence-electron chi connectivity index (χ4n) is 1.01. The van der Waals surface area contributed by atoms with E-state index in [1.165, 1.54) is 0 Å². The maximum atomic E-state index is 11.3. The summed E-state index contributed by atoms with van der Waals surface area (Å²) in [5.41, 5.74) is 0. The third-order valence-electron chi connectivity index (χ3n) is 1.60. The lowest BCUT2D eigenvalue weighted by molar-refractivity contribution is 0.0941. The molecule has 0 atom stereocenters. The number of imidazole rings is 1. The van der Waals surface area contributed by atoms with Crippen molar-refractivity contribution in [1.82, 2.24) is 14.9 Å². The molecule has 1 heterocycles. The zero-order valence-electron chi connectivity index (χ0n) is 7.37. The monoisotopic (exact) mass is 167 g/mol. The molecule has 0 aliphatic rings. The van der Waals surface area contributed by atoms with Crippen LogP contribution in [0.3, 0.4) is 0 Å². The van der Waals surface area contributed by atoms with Crippen molar-refractivity contribution in [2.45, 2.75) is 20.4 Å². The minimum absolute atomic E-state index is 0.107. The average molecular weight is 167 g/mol. The smallest absolute Gasteiger partial charge is 0.287 e. The Hall–Kier alpha value is -1.32. The zero-order chi connectivity index (χ0) is 8.97. The van der Waals surface area contributed by atoms with E-state index in [1.54, 1.807) is 12.4 Å². The number of hydrogen-bond donors (Lipinski definition) is 1. The third kappa shape index (κ3) is 1.64. The van der Waals surface area contributed by atoms with Gasteiger partial charge in [0, 0.05) is 25.5 Å². The minimum atomic E-state index is -0.107. The van der Waals surface area contributed by atoms with Crippen molar-refractivity contribution in [2.24, 2.45) is 0 Å². The molecule has 0 radical (unpaired) electrons. The molecule has 1 aromatic rings. The van der Waals surface area contributed by atoms with Gasteiger partial charge in [-0.05, 0) is 13.8 Å². The van der Waals surface area contributed by atoms with Crippen molar-refractivity contribution in [2.75, 3.05) is 6.54 Å². The Bertz CT molecular complexity index is 267. The molecular formula is C8H13N3O. The molecule has 1 aromatic heterocycles. The van der Waals surface area contributed by atoms with Crippen LogP contribution >= 0.6 is 0 Å². The quantitative estimate of drug-likeness (QED) is 0.718. The van der Waals surface area contributed by atoms with Crippen molar-refractivity contribution < 1.29 is 4.79 Å². The van der Waals surface area contributed by atoms with E-state index in [2.05, 4.69) is 10.3 Å². The van der Waals surface area contributed by atoms with Gasteiger partial charge >= 0.3 is 0 Å². The van der Waals surface area contributed by atoms with Crippen molar-refractivity contribution in [1.29, 1.82) is 0 Å². The lowest BCUT2D eigenvalue weighted by Crippen LogP contribution is -2.26. The van der Waals surface area contributed by atoms with E-state index in [9.17, 15) is 4.79 Å². The van der Waals surface area contributed by atoms with E-state index < -0.39 is 0 Å². The number of amides is 1. The number of hydrogen-bond acceptors (Lipinski definition) is 2. The Labute approximate surface area is 71.6 Å². The fraction of sp³-hybridized carbons (Fsp3) is 0.500. The molecule has 1 N–H and O–H groups in total. The topological polar surface area (TPSA) is 46.9 Å². The summed E-state index contributed by atoms with van der Waals surface area (Å²) < 4.78 is 1.81. The average Bonchev–Trinajstić information content (AvgIpc) is 2.51. The van der Waals surface area contributed by atoms with Gasteiger partial charge < -0.3 is 9.88 Å². The van der Waals surface area contributed by atoms with Crippen LogP contribution in [0.2, 0.25) is 0 Å². The van der Waals surface area contributed by atoms with Gasteiger partial charge in [0.05, 0.1) is 0 Å². The summed E-state index contributed by atoms with van der Waals surface area (Å²) in [5.74, 6) is 0.378. The van der Waals surface area contributed by atoms with Gasteiger partial charge in [0.2, 0.25) is 0 Å². The molecule has 12 heavy (non-hydrogen) atoms. The zero-order valence-corrected chi connectivity index (χ0v) is 7.37. The molecular weight excluding hydrogens is 154 g/mol. The Morgan fingerprint density at radius 3 is 3.00 bits per heavy atom. The van der Waals surface area contributed by atoms with Crippen LogP contribution in [-0.4, -0.2) is 22.0 Å². The summed E-state index contributed by atoms with van der Waals surface area (Å²) in [5, 5.41) is 2.70. The van der Waals surface area contributed by atoms with E-state index in [-0.39, 0.29) is 5.91 Å². The van der Waals surface area contributed by atoms with Gasteiger partial charge in [0.25, 0.3) is 5.91 Å². The van der Waals surface area contributed by atoms with Crippen LogP contribution in [-0.2, 0) is 6.54 Å². The highest BCUT2D eigenvalue weighted by Gasteiger charge is 2.09. The van der Waals surface area contributed by atoms with Crippen LogP contribution in [0.4, 0.5) is 0 Å². The van der Waals surface area contributed by atoms with Crippen LogP contribution < -0.4 is 5.32 Å². The van der Waals surface area contributed by atoms with Crippen molar-refractivity contribution in [3.63, 3.8) is 0 Å². The van der Waals surface area contributed by atoms with E-state index in [0.29, 0.717) is 12.4 Å². The predicted octanol–water partition coefficient (Wildman–Crippen LogP) is 0.653. The lowest BCUT2D eigenvalue weighted by atomic mass is 10.5. The lowest BCUT2D eigenvalue weighted by Gasteiger charge is -2.03. The molecule has 4 nitrogen and oxygen atoms in total. The number of nitrogens with zero attached hydrogens (tertiary/aromatic N) is 2. The predicted molar refractivity (Wildman–Crippen MR) is 45.9 cm³/mol. The van der Waals surface area contributed by atoms with E-state index in [4.69, 9.17) is 0 Å². The second-order valence-corrected chi connectivity index (χ2v) is 2.40. The van der Waals surface area contributed by atoms with Gasteiger partial charge in [0.1, 0.15) is 0 Å². The summed E-state index contributed by atoms with van der Waals surface area (Å²) in [6.07, 6.45) is 3.43. The van der Waals surface area contributed by atoms with Crippen LogP contribution in [0.5, 0.6) is 0 Å². The highest BCUT2D eigenvalue weighted by atomic mass is 16.2. The van der Waals surface area contributed by atoms with Gasteiger partial charge in [-0.3, -0.25) is 4.79 Å². The number of aromatic nitrogens is 2. The summed E-state index contributed by atoms with van der Waals surface area (Å²) in [7, 11) is 0. The first kappa shape index (κ1) is 8.77. The Balaban J connectivity index is 2.79. The van der Waals surface area contributed by atoms with Crippen molar-refractivity contribution >= 4 is 5.91 Å². The molecule has 0 unspecified atom stereocenters. The molecule has 1 rings (SSSR count). The molecule has 1 amide bonds. The van der Waals surface area contributed by atoms with Gasteiger partial charge in [-0.25, -0.2) is 4.98 Å². The molecule has 0 fully saturated rings. The minimum Gasteiger partial charge on any atom is -0.350 e. The molecule has 0 aliphatic heterocycles. The number of nitrogens with one attached hydrogen (secondary N) is 1. The van der Waals surface area contributed by atoms with Crippen LogP contribution in [0.15, 0.2) is 12.4 Å². The Morgan fingerprint density at radius 2 is 2.42 bits per heavy atom. The second-order valence-electron chi connectivity index (χ2n) is 2.40. The van der Waals surface area contributed by atoms with Crippen LogP contribution in [0.1, 0.15) is 24.5 Å².